The number of methoxy groups -OCH3 is 1. The van der Waals surface area contributed by atoms with Gasteiger partial charge in [-0.1, -0.05) is 12.1 Å². The van der Waals surface area contributed by atoms with Crippen molar-refractivity contribution in [2.24, 2.45) is 5.73 Å². The fraction of sp³-hybridized carbons (Fsp3) is 0.273. The Hall–Kier alpha value is -3.32. The summed E-state index contributed by atoms with van der Waals surface area (Å²) in [5.74, 6) is 0.216. The van der Waals surface area contributed by atoms with Crippen LogP contribution in [0.25, 0.3) is 11.0 Å². The van der Waals surface area contributed by atoms with Crippen LogP contribution in [-0.4, -0.2) is 19.6 Å². The van der Waals surface area contributed by atoms with E-state index in [-0.39, 0.29) is 11.1 Å². The molecule has 0 atom stereocenters. The molecular weight excluding hydrogens is 372 g/mol. The van der Waals surface area contributed by atoms with Crippen LogP contribution < -0.4 is 26.1 Å². The molecule has 1 aromatic heterocycles. The quantitative estimate of drug-likeness (QED) is 0.617. The van der Waals surface area contributed by atoms with Crippen LogP contribution in [0.15, 0.2) is 51.7 Å². The minimum atomic E-state index is -0.760. The number of amides is 1. The summed E-state index contributed by atoms with van der Waals surface area (Å²) in [6, 6.07) is 12.0. The van der Waals surface area contributed by atoms with Crippen molar-refractivity contribution in [2.45, 2.75) is 26.3 Å². The van der Waals surface area contributed by atoms with Crippen molar-refractivity contribution in [1.29, 1.82) is 0 Å². The van der Waals surface area contributed by atoms with E-state index in [0.717, 1.165) is 5.56 Å². The van der Waals surface area contributed by atoms with Gasteiger partial charge in [0.1, 0.15) is 5.56 Å². The van der Waals surface area contributed by atoms with E-state index in [2.05, 4.69) is 5.32 Å². The van der Waals surface area contributed by atoms with E-state index in [0.29, 0.717) is 29.2 Å². The number of anilines is 1. The fourth-order valence-electron chi connectivity index (χ4n) is 2.92. The molecule has 29 heavy (non-hydrogen) atoms. The van der Waals surface area contributed by atoms with Crippen LogP contribution in [0.5, 0.6) is 11.5 Å². The van der Waals surface area contributed by atoms with Crippen LogP contribution >= 0.6 is 0 Å². The summed E-state index contributed by atoms with van der Waals surface area (Å²) in [5.41, 5.74) is 6.43. The Morgan fingerprint density at radius 3 is 2.45 bits per heavy atom. The van der Waals surface area contributed by atoms with Gasteiger partial charge in [0.2, 0.25) is 5.75 Å². The summed E-state index contributed by atoms with van der Waals surface area (Å²) in [4.78, 5) is 25.1. The summed E-state index contributed by atoms with van der Waals surface area (Å²) < 4.78 is 16.2. The van der Waals surface area contributed by atoms with Crippen molar-refractivity contribution < 1.29 is 18.7 Å². The Labute approximate surface area is 168 Å². The van der Waals surface area contributed by atoms with Crippen molar-refractivity contribution in [1.82, 2.24) is 0 Å². The van der Waals surface area contributed by atoms with Gasteiger partial charge in [-0.15, -0.1) is 0 Å². The van der Waals surface area contributed by atoms with Gasteiger partial charge in [0, 0.05) is 16.6 Å². The highest BCUT2D eigenvalue weighted by molar-refractivity contribution is 6.05. The van der Waals surface area contributed by atoms with Crippen LogP contribution in [0.2, 0.25) is 0 Å². The number of nitrogens with one attached hydrogen (secondary N) is 1. The monoisotopic (exact) mass is 396 g/mol. The van der Waals surface area contributed by atoms with Gasteiger partial charge in [-0.2, -0.15) is 0 Å². The summed E-state index contributed by atoms with van der Waals surface area (Å²) in [5, 5.41) is 3.26. The number of fused-ring (bicyclic) bond motifs is 1. The van der Waals surface area contributed by atoms with Gasteiger partial charge >= 0.3 is 5.63 Å². The molecule has 3 aromatic rings. The van der Waals surface area contributed by atoms with E-state index in [9.17, 15) is 9.59 Å². The summed E-state index contributed by atoms with van der Waals surface area (Å²) in [7, 11) is 1.50. The van der Waals surface area contributed by atoms with Gasteiger partial charge in [-0.05, 0) is 56.7 Å². The molecule has 0 radical (unpaired) electrons. The third-order valence-corrected chi connectivity index (χ3v) is 4.46. The van der Waals surface area contributed by atoms with Crippen LogP contribution in [0.4, 0.5) is 5.69 Å². The number of benzene rings is 2. The molecule has 0 aliphatic carbocycles. The highest BCUT2D eigenvalue weighted by Crippen LogP contribution is 2.35. The average Bonchev–Trinajstić information content (AvgIpc) is 2.68. The molecule has 0 bridgehead atoms. The average molecular weight is 396 g/mol. The normalized spacial score (nSPS) is 11.3. The van der Waals surface area contributed by atoms with Gasteiger partial charge in [0.15, 0.2) is 11.3 Å². The third-order valence-electron chi connectivity index (χ3n) is 4.46. The molecule has 0 fully saturated rings. The zero-order valence-electron chi connectivity index (χ0n) is 16.9. The predicted molar refractivity (Wildman–Crippen MR) is 112 cm³/mol. The van der Waals surface area contributed by atoms with E-state index in [1.165, 1.54) is 13.2 Å². The predicted octanol–water partition coefficient (Wildman–Crippen LogP) is 3.65. The first kappa shape index (κ1) is 20.4. The van der Waals surface area contributed by atoms with E-state index in [1.807, 2.05) is 32.9 Å². The second kappa shape index (κ2) is 7.97. The van der Waals surface area contributed by atoms with Gasteiger partial charge in [-0.25, -0.2) is 4.79 Å². The Morgan fingerprint density at radius 2 is 1.86 bits per heavy atom. The SMILES string of the molecule is CCOc1c(OC)ccc2cc(C(=O)Nc3ccc(C(C)(C)N)cc3)c(=O)oc12. The Morgan fingerprint density at radius 1 is 1.17 bits per heavy atom. The zero-order chi connectivity index (χ0) is 21.2. The third kappa shape index (κ3) is 4.25. The van der Waals surface area contributed by atoms with E-state index in [4.69, 9.17) is 19.6 Å². The van der Waals surface area contributed by atoms with Crippen LogP contribution in [-0.2, 0) is 5.54 Å². The molecule has 1 heterocycles. The lowest BCUT2D eigenvalue weighted by molar-refractivity contribution is 0.102. The topological polar surface area (TPSA) is 104 Å². The van der Waals surface area contributed by atoms with E-state index >= 15 is 0 Å². The summed E-state index contributed by atoms with van der Waals surface area (Å²) in [6.07, 6.45) is 0. The lowest BCUT2D eigenvalue weighted by Gasteiger charge is -2.19. The molecule has 0 saturated heterocycles. The Balaban J connectivity index is 1.94. The van der Waals surface area contributed by atoms with Crippen molar-refractivity contribution in [3.05, 3.63) is 64.0 Å². The first-order valence-electron chi connectivity index (χ1n) is 9.23. The maximum atomic E-state index is 12.6. The number of nitrogens with two attached hydrogens (primary N) is 1. The first-order valence-corrected chi connectivity index (χ1v) is 9.23. The highest BCUT2D eigenvalue weighted by Gasteiger charge is 2.19. The molecular formula is C22H24N2O5. The first-order chi connectivity index (χ1) is 13.7. The second-order valence-corrected chi connectivity index (χ2v) is 7.15. The summed E-state index contributed by atoms with van der Waals surface area (Å²) in [6.45, 7) is 5.98. The molecule has 3 N–H and O–H groups in total. The fourth-order valence-corrected chi connectivity index (χ4v) is 2.92. The molecule has 1 amide bonds. The maximum absolute atomic E-state index is 12.6. The second-order valence-electron chi connectivity index (χ2n) is 7.15. The van der Waals surface area contributed by atoms with Crippen LogP contribution in [0.1, 0.15) is 36.7 Å². The van der Waals surface area contributed by atoms with Gasteiger partial charge in [0.25, 0.3) is 5.91 Å². The molecule has 0 spiro atoms. The maximum Gasteiger partial charge on any atom is 0.349 e. The molecule has 7 nitrogen and oxygen atoms in total. The Kier molecular flexibility index (Phi) is 5.61. The molecule has 3 rings (SSSR count). The lowest BCUT2D eigenvalue weighted by Crippen LogP contribution is -2.28. The van der Waals surface area contributed by atoms with Gasteiger partial charge in [0.05, 0.1) is 13.7 Å². The zero-order valence-corrected chi connectivity index (χ0v) is 16.9. The van der Waals surface area contributed by atoms with Crippen molar-refractivity contribution in [3.63, 3.8) is 0 Å². The van der Waals surface area contributed by atoms with Crippen LogP contribution in [0, 0.1) is 0 Å². The minimum Gasteiger partial charge on any atom is -0.493 e. The molecule has 0 aliphatic heterocycles. The molecule has 0 unspecified atom stereocenters. The molecule has 0 saturated carbocycles. The van der Waals surface area contributed by atoms with E-state index < -0.39 is 17.1 Å². The smallest absolute Gasteiger partial charge is 0.349 e. The lowest BCUT2D eigenvalue weighted by atomic mass is 9.95. The standard InChI is InChI=1S/C22H24N2O5/c1-5-28-19-17(27-4)11-6-13-12-16(21(26)29-18(13)19)20(25)24-15-9-7-14(8-10-15)22(2,3)23/h6-12H,5,23H2,1-4H3,(H,24,25). The largest absolute Gasteiger partial charge is 0.493 e. The van der Waals surface area contributed by atoms with Crippen molar-refractivity contribution >= 4 is 22.6 Å². The van der Waals surface area contributed by atoms with E-state index in [1.54, 1.807) is 24.3 Å². The number of hydrogen-bond donors (Lipinski definition) is 2. The number of rotatable bonds is 6. The van der Waals surface area contributed by atoms with Gasteiger partial charge < -0.3 is 24.9 Å². The van der Waals surface area contributed by atoms with Crippen molar-refractivity contribution in [3.8, 4) is 11.5 Å². The van der Waals surface area contributed by atoms with Crippen molar-refractivity contribution in [2.75, 3.05) is 19.0 Å². The molecule has 0 aliphatic rings. The molecule has 7 heteroatoms. The minimum absolute atomic E-state index is 0.103. The Bertz CT molecular complexity index is 1100. The number of carbonyl (C=O) groups excluding carboxylic acids is 1. The number of ether oxygens (including phenoxy) is 2. The number of carbonyl (C=O) groups is 1. The number of hydrogen-bond acceptors (Lipinski definition) is 6. The summed E-state index contributed by atoms with van der Waals surface area (Å²) >= 11 is 0. The molecule has 2 aromatic carbocycles. The van der Waals surface area contributed by atoms with Crippen LogP contribution in [0.3, 0.4) is 0 Å². The van der Waals surface area contributed by atoms with Gasteiger partial charge in [-0.3, -0.25) is 4.79 Å². The highest BCUT2D eigenvalue weighted by atomic mass is 16.5. The molecule has 152 valence electrons.